The fourth-order valence-corrected chi connectivity index (χ4v) is 4.34. The van der Waals surface area contributed by atoms with Gasteiger partial charge in [0.25, 0.3) is 0 Å². The largest absolute Gasteiger partial charge is 0.458 e. The summed E-state index contributed by atoms with van der Waals surface area (Å²) in [6.07, 6.45) is -0.975. The van der Waals surface area contributed by atoms with E-state index in [-0.39, 0.29) is 12.5 Å². The Balaban J connectivity index is 2.31. The highest BCUT2D eigenvalue weighted by Gasteiger charge is 2.68. The molecule has 2 aliphatic rings. The van der Waals surface area contributed by atoms with Gasteiger partial charge >= 0.3 is 17.9 Å². The molecule has 0 amide bonds. The van der Waals surface area contributed by atoms with Crippen molar-refractivity contribution in [3.8, 4) is 0 Å². The first-order valence-electron chi connectivity index (χ1n) is 12.2. The topological polar surface area (TPSA) is 132 Å². The number of esters is 3. The monoisotopic (exact) mass is 508 g/mol. The Morgan fingerprint density at radius 2 is 1.67 bits per heavy atom. The predicted molar refractivity (Wildman–Crippen MR) is 132 cm³/mol. The Morgan fingerprint density at radius 1 is 1.11 bits per heavy atom. The molecule has 1 saturated carbocycles. The van der Waals surface area contributed by atoms with E-state index in [1.807, 2.05) is 0 Å². The van der Waals surface area contributed by atoms with Crippen LogP contribution < -0.4 is 0 Å². The molecule has 2 fully saturated rings. The number of aliphatic hydroxyl groups is 2. The van der Waals surface area contributed by atoms with Gasteiger partial charge in [-0.15, -0.1) is 0 Å². The first kappa shape index (κ1) is 29.7. The molecule has 1 heterocycles. The molecule has 202 valence electrons. The van der Waals surface area contributed by atoms with Crippen molar-refractivity contribution in [2.75, 3.05) is 0 Å². The van der Waals surface area contributed by atoms with E-state index in [1.54, 1.807) is 46.8 Å². The summed E-state index contributed by atoms with van der Waals surface area (Å²) in [6, 6.07) is 0. The van der Waals surface area contributed by atoms with Crippen molar-refractivity contribution >= 4 is 17.9 Å². The van der Waals surface area contributed by atoms with Crippen LogP contribution in [0.3, 0.4) is 0 Å². The van der Waals surface area contributed by atoms with E-state index in [0.717, 1.165) is 0 Å². The SMILES string of the molecule is C=C(C(O)CC(OC(=O)/C(C)=C\C)C(C)(C)O)[C@@H]1C[C@@H]2O[C@]2(C)[C@H](OC(=O)/C(C)=C\C)[C@@H]1OC(C)=O. The van der Waals surface area contributed by atoms with Crippen molar-refractivity contribution < 1.29 is 43.5 Å². The Hall–Kier alpha value is -2.49. The number of rotatable bonds is 10. The number of aliphatic hydroxyl groups excluding tert-OH is 1. The minimum atomic E-state index is -1.45. The molecule has 2 rings (SSSR count). The number of hydrogen-bond acceptors (Lipinski definition) is 9. The zero-order valence-electron chi connectivity index (χ0n) is 22.5. The molecule has 0 aromatic heterocycles. The van der Waals surface area contributed by atoms with E-state index in [2.05, 4.69) is 6.58 Å². The number of carbonyl (C=O) groups excluding carboxylic acids is 3. The number of hydrogen-bond donors (Lipinski definition) is 2. The van der Waals surface area contributed by atoms with Gasteiger partial charge in [0.1, 0.15) is 17.8 Å². The van der Waals surface area contributed by atoms with Gasteiger partial charge in [-0.25, -0.2) is 9.59 Å². The van der Waals surface area contributed by atoms with Gasteiger partial charge in [0, 0.05) is 30.4 Å². The van der Waals surface area contributed by atoms with Crippen LogP contribution in [0.25, 0.3) is 0 Å². The van der Waals surface area contributed by atoms with Gasteiger partial charge in [0.15, 0.2) is 6.10 Å². The van der Waals surface area contributed by atoms with E-state index >= 15 is 0 Å². The summed E-state index contributed by atoms with van der Waals surface area (Å²) in [6.45, 7) is 16.7. The normalized spacial score (nSPS) is 29.9. The van der Waals surface area contributed by atoms with Crippen molar-refractivity contribution in [3.63, 3.8) is 0 Å². The van der Waals surface area contributed by atoms with Crippen LogP contribution in [0.5, 0.6) is 0 Å². The Kier molecular flexibility index (Phi) is 9.31. The zero-order valence-corrected chi connectivity index (χ0v) is 22.5. The number of fused-ring (bicyclic) bond motifs is 1. The molecule has 2 N–H and O–H groups in total. The van der Waals surface area contributed by atoms with Crippen LogP contribution >= 0.6 is 0 Å². The van der Waals surface area contributed by atoms with E-state index in [4.69, 9.17) is 18.9 Å². The zero-order chi connectivity index (χ0) is 27.6. The lowest BCUT2D eigenvalue weighted by Gasteiger charge is -2.40. The molecule has 0 radical (unpaired) electrons. The van der Waals surface area contributed by atoms with Crippen molar-refractivity contribution in [3.05, 3.63) is 35.5 Å². The third-order valence-corrected chi connectivity index (χ3v) is 7.13. The molecular weight excluding hydrogens is 468 g/mol. The minimum Gasteiger partial charge on any atom is -0.458 e. The number of ether oxygens (including phenoxy) is 4. The number of allylic oxidation sites excluding steroid dienone is 2. The van der Waals surface area contributed by atoms with E-state index in [9.17, 15) is 24.6 Å². The summed E-state index contributed by atoms with van der Waals surface area (Å²) >= 11 is 0. The van der Waals surface area contributed by atoms with Gasteiger partial charge in [0.05, 0.1) is 17.8 Å². The first-order chi connectivity index (χ1) is 16.6. The molecule has 0 aromatic rings. The second kappa shape index (κ2) is 11.3. The highest BCUT2D eigenvalue weighted by molar-refractivity contribution is 5.88. The van der Waals surface area contributed by atoms with Crippen molar-refractivity contribution in [2.45, 2.75) is 110 Å². The van der Waals surface area contributed by atoms with Crippen LogP contribution in [-0.2, 0) is 33.3 Å². The summed E-state index contributed by atoms with van der Waals surface area (Å²) in [5.41, 5.74) is -1.22. The van der Waals surface area contributed by atoms with Gasteiger partial charge in [-0.3, -0.25) is 4.79 Å². The third kappa shape index (κ3) is 6.63. The molecule has 9 nitrogen and oxygen atoms in total. The lowest BCUT2D eigenvalue weighted by molar-refractivity contribution is -0.176. The van der Waals surface area contributed by atoms with Gasteiger partial charge in [0.2, 0.25) is 0 Å². The molecule has 0 bridgehead atoms. The molecule has 1 aliphatic carbocycles. The highest BCUT2D eigenvalue weighted by Crippen LogP contribution is 2.53. The Morgan fingerprint density at radius 3 is 2.17 bits per heavy atom. The molecule has 7 atom stereocenters. The van der Waals surface area contributed by atoms with Crippen LogP contribution in [0.1, 0.15) is 68.2 Å². The standard InChI is InChI=1S/C27H40O9/c1-10-14(3)24(30)34-20(26(7,8)32)13-19(29)16(5)18-12-21-27(9,36-21)23(22(18)33-17(6)28)35-25(31)15(4)11-2/h10-11,18-23,29,32H,5,12-13H2,1-4,6-9H3/b14-10-,15-11-/t18-,19?,20?,21-,22+,23+,27-/m0/s1. The maximum atomic E-state index is 12.6. The molecule has 0 aromatic carbocycles. The first-order valence-corrected chi connectivity index (χ1v) is 12.2. The Bertz CT molecular complexity index is 941. The van der Waals surface area contributed by atoms with Crippen LogP contribution in [0.15, 0.2) is 35.5 Å². The summed E-state index contributed by atoms with van der Waals surface area (Å²) in [5, 5.41) is 21.7. The average molecular weight is 509 g/mol. The maximum absolute atomic E-state index is 12.6. The van der Waals surface area contributed by atoms with E-state index in [0.29, 0.717) is 23.1 Å². The summed E-state index contributed by atoms with van der Waals surface area (Å²) in [5.74, 6) is -2.35. The van der Waals surface area contributed by atoms with Crippen LogP contribution in [-0.4, -0.2) is 69.8 Å². The lowest BCUT2D eigenvalue weighted by Crippen LogP contribution is -2.54. The lowest BCUT2D eigenvalue weighted by atomic mass is 9.73. The minimum absolute atomic E-state index is 0.140. The summed E-state index contributed by atoms with van der Waals surface area (Å²) in [4.78, 5) is 36.9. The third-order valence-electron chi connectivity index (χ3n) is 7.13. The van der Waals surface area contributed by atoms with Gasteiger partial charge in [-0.2, -0.15) is 0 Å². The quantitative estimate of drug-likeness (QED) is 0.150. The van der Waals surface area contributed by atoms with Gasteiger partial charge in [-0.05, 0) is 60.5 Å². The number of carbonyl (C=O) groups is 3. The Labute approximate surface area is 213 Å². The van der Waals surface area contributed by atoms with E-state index in [1.165, 1.54) is 20.8 Å². The van der Waals surface area contributed by atoms with Crippen molar-refractivity contribution in [1.82, 2.24) is 0 Å². The molecule has 1 aliphatic heterocycles. The summed E-state index contributed by atoms with van der Waals surface area (Å²) in [7, 11) is 0. The predicted octanol–water partition coefficient (Wildman–Crippen LogP) is 2.93. The second-order valence-electron chi connectivity index (χ2n) is 10.3. The van der Waals surface area contributed by atoms with Crippen molar-refractivity contribution in [2.24, 2.45) is 5.92 Å². The summed E-state index contributed by atoms with van der Waals surface area (Å²) < 4.78 is 22.7. The fourth-order valence-electron chi connectivity index (χ4n) is 4.34. The smallest absolute Gasteiger partial charge is 0.333 e. The van der Waals surface area contributed by atoms with Crippen LogP contribution in [0.4, 0.5) is 0 Å². The number of epoxide rings is 1. The molecular formula is C27H40O9. The molecule has 36 heavy (non-hydrogen) atoms. The molecule has 2 unspecified atom stereocenters. The maximum Gasteiger partial charge on any atom is 0.333 e. The van der Waals surface area contributed by atoms with E-state index < -0.39 is 59.4 Å². The molecule has 0 spiro atoms. The fraction of sp³-hybridized carbons (Fsp3) is 0.667. The second-order valence-corrected chi connectivity index (χ2v) is 10.3. The highest BCUT2D eigenvalue weighted by atomic mass is 16.7. The average Bonchev–Trinajstić information content (AvgIpc) is 3.47. The van der Waals surface area contributed by atoms with Crippen molar-refractivity contribution in [1.29, 1.82) is 0 Å². The molecule has 1 saturated heterocycles. The van der Waals surface area contributed by atoms with Crippen LogP contribution in [0.2, 0.25) is 0 Å². The molecule has 9 heteroatoms. The van der Waals surface area contributed by atoms with Gasteiger partial charge in [-0.1, -0.05) is 18.7 Å². The van der Waals surface area contributed by atoms with Gasteiger partial charge < -0.3 is 29.2 Å². The van der Waals surface area contributed by atoms with Crippen LogP contribution in [0, 0.1) is 5.92 Å².